The third-order valence-corrected chi connectivity index (χ3v) is 5.00. The molecule has 3 aromatic rings. The Morgan fingerprint density at radius 1 is 1.09 bits per heavy atom. The number of ether oxygens (including phenoxy) is 2. The number of nitro groups is 1. The van der Waals surface area contributed by atoms with E-state index >= 15 is 0 Å². The first-order valence-corrected chi connectivity index (χ1v) is 10.5. The predicted molar refractivity (Wildman–Crippen MR) is 128 cm³/mol. The summed E-state index contributed by atoms with van der Waals surface area (Å²) in [5, 5.41) is 23.2. The minimum absolute atomic E-state index is 0.0165. The van der Waals surface area contributed by atoms with Crippen molar-refractivity contribution in [3.63, 3.8) is 0 Å². The zero-order valence-corrected chi connectivity index (χ0v) is 18.8. The number of hydrogen-bond donors (Lipinski definition) is 1. The zero-order chi connectivity index (χ0) is 24.5. The van der Waals surface area contributed by atoms with Crippen LogP contribution in [0.2, 0.25) is 0 Å². The van der Waals surface area contributed by atoms with Crippen molar-refractivity contribution in [2.24, 2.45) is 0 Å². The molecule has 0 saturated heterocycles. The highest BCUT2D eigenvalue weighted by Gasteiger charge is 2.12. The van der Waals surface area contributed by atoms with Gasteiger partial charge in [0, 0.05) is 17.8 Å². The van der Waals surface area contributed by atoms with E-state index in [1.54, 1.807) is 42.5 Å². The predicted octanol–water partition coefficient (Wildman–Crippen LogP) is 5.29. The molecular weight excluding hydrogens is 434 g/mol. The standard InChI is InChI=1S/C26H23N3O5/c1-3-18-7-10-22(11-8-18)28-26(30)21(16-27)13-19-9-12-24(25(15-19)33-2)34-17-20-5-4-6-23(14-20)29(31)32/h4-15H,3,17H2,1-2H3,(H,28,30)/b21-13+. The van der Waals surface area contributed by atoms with Gasteiger partial charge in [-0.15, -0.1) is 0 Å². The van der Waals surface area contributed by atoms with Crippen LogP contribution in [0.3, 0.4) is 0 Å². The lowest BCUT2D eigenvalue weighted by atomic mass is 10.1. The van der Waals surface area contributed by atoms with Crippen molar-refractivity contribution in [1.82, 2.24) is 0 Å². The summed E-state index contributed by atoms with van der Waals surface area (Å²) in [4.78, 5) is 23.0. The van der Waals surface area contributed by atoms with E-state index in [9.17, 15) is 20.2 Å². The molecule has 8 heteroatoms. The molecule has 0 atom stereocenters. The largest absolute Gasteiger partial charge is 0.493 e. The summed E-state index contributed by atoms with van der Waals surface area (Å²) >= 11 is 0. The summed E-state index contributed by atoms with van der Waals surface area (Å²) in [7, 11) is 1.47. The van der Waals surface area contributed by atoms with Crippen LogP contribution in [0.4, 0.5) is 11.4 Å². The Labute approximate surface area is 197 Å². The van der Waals surface area contributed by atoms with Crippen LogP contribution in [-0.4, -0.2) is 17.9 Å². The van der Waals surface area contributed by atoms with Crippen molar-refractivity contribution in [3.8, 4) is 17.6 Å². The first-order valence-electron chi connectivity index (χ1n) is 10.5. The zero-order valence-electron chi connectivity index (χ0n) is 18.8. The second kappa shape index (κ2) is 11.3. The van der Waals surface area contributed by atoms with Crippen LogP contribution in [0.1, 0.15) is 23.6 Å². The smallest absolute Gasteiger partial charge is 0.269 e. The van der Waals surface area contributed by atoms with Gasteiger partial charge in [-0.2, -0.15) is 5.26 Å². The van der Waals surface area contributed by atoms with E-state index in [1.807, 2.05) is 25.1 Å². The Morgan fingerprint density at radius 3 is 2.50 bits per heavy atom. The summed E-state index contributed by atoms with van der Waals surface area (Å²) in [6.07, 6.45) is 2.35. The number of rotatable bonds is 9. The van der Waals surface area contributed by atoms with Gasteiger partial charge in [-0.1, -0.05) is 37.3 Å². The number of benzene rings is 3. The van der Waals surface area contributed by atoms with Crippen molar-refractivity contribution in [1.29, 1.82) is 5.26 Å². The van der Waals surface area contributed by atoms with Gasteiger partial charge in [-0.25, -0.2) is 0 Å². The number of anilines is 1. The lowest BCUT2D eigenvalue weighted by Gasteiger charge is -2.12. The Morgan fingerprint density at radius 2 is 1.85 bits per heavy atom. The molecule has 0 spiro atoms. The quantitative estimate of drug-likeness (QED) is 0.202. The number of methoxy groups -OCH3 is 1. The van der Waals surface area contributed by atoms with Crippen molar-refractivity contribution in [2.45, 2.75) is 20.0 Å². The summed E-state index contributed by atoms with van der Waals surface area (Å²) < 4.78 is 11.2. The Balaban J connectivity index is 1.73. The number of hydrogen-bond acceptors (Lipinski definition) is 6. The second-order valence-corrected chi connectivity index (χ2v) is 7.30. The Bertz CT molecular complexity index is 1260. The number of nitrogens with one attached hydrogen (secondary N) is 1. The number of carbonyl (C=O) groups excluding carboxylic acids is 1. The lowest BCUT2D eigenvalue weighted by molar-refractivity contribution is -0.384. The number of non-ortho nitro benzene ring substituents is 1. The molecular formula is C26H23N3O5. The first-order chi connectivity index (χ1) is 16.4. The number of amides is 1. The van der Waals surface area contributed by atoms with E-state index in [-0.39, 0.29) is 17.9 Å². The molecule has 0 aliphatic carbocycles. The van der Waals surface area contributed by atoms with Crippen LogP contribution < -0.4 is 14.8 Å². The summed E-state index contributed by atoms with van der Waals surface area (Å²) in [5.74, 6) is 0.300. The minimum atomic E-state index is -0.517. The molecule has 0 aromatic heterocycles. The molecule has 0 saturated carbocycles. The first kappa shape index (κ1) is 24.0. The normalized spacial score (nSPS) is 10.8. The molecule has 3 rings (SSSR count). The van der Waals surface area contributed by atoms with Crippen LogP contribution in [0.15, 0.2) is 72.3 Å². The fourth-order valence-electron chi connectivity index (χ4n) is 3.15. The van der Waals surface area contributed by atoms with Gasteiger partial charge in [0.1, 0.15) is 18.2 Å². The Hall–Kier alpha value is -4.64. The molecule has 0 bridgehead atoms. The topological polar surface area (TPSA) is 114 Å². The van der Waals surface area contributed by atoms with Crippen LogP contribution in [-0.2, 0) is 17.8 Å². The fraction of sp³-hybridized carbons (Fsp3) is 0.154. The maximum atomic E-state index is 12.6. The molecule has 3 aromatic carbocycles. The maximum absolute atomic E-state index is 12.6. The molecule has 1 N–H and O–H groups in total. The van der Waals surface area contributed by atoms with E-state index in [1.165, 1.54) is 25.3 Å². The SMILES string of the molecule is CCc1ccc(NC(=O)/C(C#N)=C/c2ccc(OCc3cccc([N+](=O)[O-])c3)c(OC)c2)cc1. The molecule has 0 aliphatic rings. The van der Waals surface area contributed by atoms with Gasteiger partial charge in [0.15, 0.2) is 11.5 Å². The van der Waals surface area contributed by atoms with Gasteiger partial charge in [-0.05, 0) is 53.5 Å². The second-order valence-electron chi connectivity index (χ2n) is 7.30. The number of nitro benzene ring substituents is 1. The van der Waals surface area contributed by atoms with Crippen molar-refractivity contribution < 1.29 is 19.2 Å². The van der Waals surface area contributed by atoms with Gasteiger partial charge in [-0.3, -0.25) is 14.9 Å². The van der Waals surface area contributed by atoms with Gasteiger partial charge in [0.05, 0.1) is 12.0 Å². The third kappa shape index (κ3) is 6.20. The third-order valence-electron chi connectivity index (χ3n) is 5.00. The average Bonchev–Trinajstić information content (AvgIpc) is 2.86. The summed E-state index contributed by atoms with van der Waals surface area (Å²) in [5.41, 5.74) is 2.88. The molecule has 1 amide bonds. The van der Waals surface area contributed by atoms with Crippen LogP contribution >= 0.6 is 0 Å². The molecule has 0 unspecified atom stereocenters. The van der Waals surface area contributed by atoms with E-state index in [0.29, 0.717) is 28.3 Å². The fourth-order valence-corrected chi connectivity index (χ4v) is 3.15. The van der Waals surface area contributed by atoms with Crippen molar-refractivity contribution in [3.05, 3.63) is 99.1 Å². The van der Waals surface area contributed by atoms with E-state index in [2.05, 4.69) is 5.32 Å². The van der Waals surface area contributed by atoms with Crippen molar-refractivity contribution >= 4 is 23.4 Å². The van der Waals surface area contributed by atoms with E-state index in [0.717, 1.165) is 12.0 Å². The van der Waals surface area contributed by atoms with Crippen LogP contribution in [0.5, 0.6) is 11.5 Å². The van der Waals surface area contributed by atoms with Gasteiger partial charge < -0.3 is 14.8 Å². The number of nitrogens with zero attached hydrogens (tertiary/aromatic N) is 2. The van der Waals surface area contributed by atoms with Gasteiger partial charge in [0.2, 0.25) is 0 Å². The number of aryl methyl sites for hydroxylation is 1. The van der Waals surface area contributed by atoms with Crippen LogP contribution in [0, 0.1) is 21.4 Å². The van der Waals surface area contributed by atoms with E-state index in [4.69, 9.17) is 9.47 Å². The Kier molecular flexibility index (Phi) is 7.97. The van der Waals surface area contributed by atoms with Gasteiger partial charge in [0.25, 0.3) is 11.6 Å². The summed E-state index contributed by atoms with van der Waals surface area (Å²) in [6.45, 7) is 2.15. The highest BCUT2D eigenvalue weighted by atomic mass is 16.6. The average molecular weight is 457 g/mol. The number of nitriles is 1. The lowest BCUT2D eigenvalue weighted by Crippen LogP contribution is -2.13. The monoisotopic (exact) mass is 457 g/mol. The highest BCUT2D eigenvalue weighted by Crippen LogP contribution is 2.30. The molecule has 0 fully saturated rings. The highest BCUT2D eigenvalue weighted by molar-refractivity contribution is 6.09. The van der Waals surface area contributed by atoms with E-state index < -0.39 is 10.8 Å². The van der Waals surface area contributed by atoms with Gasteiger partial charge >= 0.3 is 0 Å². The number of carbonyl (C=O) groups is 1. The molecule has 0 radical (unpaired) electrons. The molecule has 34 heavy (non-hydrogen) atoms. The maximum Gasteiger partial charge on any atom is 0.269 e. The molecule has 0 aliphatic heterocycles. The molecule has 8 nitrogen and oxygen atoms in total. The van der Waals surface area contributed by atoms with Crippen LogP contribution in [0.25, 0.3) is 6.08 Å². The minimum Gasteiger partial charge on any atom is -0.493 e. The molecule has 0 heterocycles. The van der Waals surface area contributed by atoms with Crippen molar-refractivity contribution in [2.75, 3.05) is 12.4 Å². The molecule has 172 valence electrons. The summed E-state index contributed by atoms with van der Waals surface area (Å²) in [6, 6.07) is 20.5.